The van der Waals surface area contributed by atoms with E-state index in [-0.39, 0.29) is 4.90 Å². The fourth-order valence-corrected chi connectivity index (χ4v) is 5.23. The summed E-state index contributed by atoms with van der Waals surface area (Å²) in [5, 5.41) is 1.06. The SMILES string of the molecule is Cc1cccc(CSc2ncc3c(n2)-c2cc(Cl)ccc2N(C)S3(=O)=O)c1. The molecule has 0 saturated carbocycles. The minimum atomic E-state index is -3.68. The summed E-state index contributed by atoms with van der Waals surface area (Å²) < 4.78 is 26.8. The molecule has 0 N–H and O–H groups in total. The molecule has 0 saturated heterocycles. The molecule has 1 aliphatic rings. The van der Waals surface area contributed by atoms with Crippen LogP contribution in [0.5, 0.6) is 0 Å². The first kappa shape index (κ1) is 18.3. The van der Waals surface area contributed by atoms with Crippen LogP contribution in [0.1, 0.15) is 11.1 Å². The van der Waals surface area contributed by atoms with Gasteiger partial charge in [0.05, 0.1) is 17.6 Å². The van der Waals surface area contributed by atoms with Crippen molar-refractivity contribution in [3.63, 3.8) is 0 Å². The van der Waals surface area contributed by atoms with E-state index in [1.54, 1.807) is 18.2 Å². The molecule has 0 fully saturated rings. The Bertz CT molecular complexity index is 1150. The number of thioether (sulfide) groups is 1. The molecule has 0 radical (unpaired) electrons. The van der Waals surface area contributed by atoms with Crippen LogP contribution in [0.4, 0.5) is 5.69 Å². The largest absolute Gasteiger partial charge is 0.269 e. The van der Waals surface area contributed by atoms with Gasteiger partial charge in [0.15, 0.2) is 5.16 Å². The van der Waals surface area contributed by atoms with Crippen LogP contribution < -0.4 is 4.31 Å². The predicted octanol–water partition coefficient (Wildman–Crippen LogP) is 4.54. The fraction of sp³-hybridized carbons (Fsp3) is 0.158. The summed E-state index contributed by atoms with van der Waals surface area (Å²) in [5.74, 6) is 0.704. The minimum Gasteiger partial charge on any atom is -0.269 e. The maximum atomic E-state index is 12.8. The Kier molecular flexibility index (Phi) is 4.61. The lowest BCUT2D eigenvalue weighted by Crippen LogP contribution is -2.31. The molecule has 0 spiro atoms. The third kappa shape index (κ3) is 3.31. The number of rotatable bonds is 3. The molecule has 138 valence electrons. The number of nitrogens with zero attached hydrogens (tertiary/aromatic N) is 3. The van der Waals surface area contributed by atoms with E-state index < -0.39 is 10.0 Å². The molecule has 0 unspecified atom stereocenters. The zero-order valence-corrected chi connectivity index (χ0v) is 17.1. The monoisotopic (exact) mass is 417 g/mol. The van der Waals surface area contributed by atoms with Crippen LogP contribution in [0.3, 0.4) is 0 Å². The first-order valence-corrected chi connectivity index (χ1v) is 11.0. The summed E-state index contributed by atoms with van der Waals surface area (Å²) >= 11 is 7.61. The third-order valence-corrected chi connectivity index (χ3v) is 7.31. The molecule has 1 aliphatic heterocycles. The molecule has 2 aromatic carbocycles. The zero-order chi connectivity index (χ0) is 19.2. The van der Waals surface area contributed by atoms with Crippen molar-refractivity contribution in [3.8, 4) is 11.3 Å². The van der Waals surface area contributed by atoms with E-state index in [0.717, 1.165) is 5.56 Å². The number of fused-ring (bicyclic) bond motifs is 3. The highest BCUT2D eigenvalue weighted by Crippen LogP contribution is 2.42. The van der Waals surface area contributed by atoms with Gasteiger partial charge in [0.1, 0.15) is 4.90 Å². The van der Waals surface area contributed by atoms with Gasteiger partial charge in [0.25, 0.3) is 10.0 Å². The first-order valence-electron chi connectivity index (χ1n) is 8.20. The lowest BCUT2D eigenvalue weighted by molar-refractivity contribution is 0.592. The Hall–Kier alpha value is -2.09. The van der Waals surface area contributed by atoms with Gasteiger partial charge in [-0.2, -0.15) is 0 Å². The summed E-state index contributed by atoms with van der Waals surface area (Å²) in [6.45, 7) is 2.05. The van der Waals surface area contributed by atoms with E-state index in [1.165, 1.54) is 34.9 Å². The first-order chi connectivity index (χ1) is 12.9. The highest BCUT2D eigenvalue weighted by molar-refractivity contribution is 7.98. The van der Waals surface area contributed by atoms with Gasteiger partial charge >= 0.3 is 0 Å². The van der Waals surface area contributed by atoms with Crippen LogP contribution in [0, 0.1) is 6.92 Å². The van der Waals surface area contributed by atoms with Crippen molar-refractivity contribution in [3.05, 3.63) is 64.8 Å². The number of benzene rings is 2. The predicted molar refractivity (Wildman–Crippen MR) is 109 cm³/mol. The summed E-state index contributed by atoms with van der Waals surface area (Å²) in [6, 6.07) is 13.3. The van der Waals surface area contributed by atoms with Crippen molar-refractivity contribution in [1.29, 1.82) is 0 Å². The van der Waals surface area contributed by atoms with E-state index in [4.69, 9.17) is 11.6 Å². The summed E-state index contributed by atoms with van der Waals surface area (Å²) in [7, 11) is -2.16. The van der Waals surface area contributed by atoms with Crippen LogP contribution in [-0.4, -0.2) is 25.4 Å². The van der Waals surface area contributed by atoms with Crippen molar-refractivity contribution in [2.75, 3.05) is 11.4 Å². The quantitative estimate of drug-likeness (QED) is 0.462. The van der Waals surface area contributed by atoms with E-state index in [2.05, 4.69) is 16.0 Å². The zero-order valence-electron chi connectivity index (χ0n) is 14.7. The van der Waals surface area contributed by atoms with E-state index >= 15 is 0 Å². The highest BCUT2D eigenvalue weighted by Gasteiger charge is 2.34. The van der Waals surface area contributed by atoms with Crippen molar-refractivity contribution in [2.24, 2.45) is 0 Å². The van der Waals surface area contributed by atoms with Crippen LogP contribution in [0.15, 0.2) is 58.7 Å². The van der Waals surface area contributed by atoms with Crippen LogP contribution in [0.25, 0.3) is 11.3 Å². The Labute approximate surface area is 167 Å². The normalized spacial score (nSPS) is 14.6. The summed E-state index contributed by atoms with van der Waals surface area (Å²) in [4.78, 5) is 8.92. The van der Waals surface area contributed by atoms with Gasteiger partial charge in [0, 0.05) is 23.4 Å². The Balaban J connectivity index is 1.75. The van der Waals surface area contributed by atoms with Crippen molar-refractivity contribution in [1.82, 2.24) is 9.97 Å². The second-order valence-electron chi connectivity index (χ2n) is 6.28. The third-order valence-electron chi connectivity index (χ3n) is 4.37. The molecular formula is C19H16ClN3O2S2. The molecule has 27 heavy (non-hydrogen) atoms. The van der Waals surface area contributed by atoms with Crippen LogP contribution in [-0.2, 0) is 15.8 Å². The molecule has 0 amide bonds. The van der Waals surface area contributed by atoms with Gasteiger partial charge in [-0.3, -0.25) is 4.31 Å². The van der Waals surface area contributed by atoms with Crippen LogP contribution in [0.2, 0.25) is 5.02 Å². The van der Waals surface area contributed by atoms with E-state index in [0.29, 0.717) is 32.9 Å². The maximum Gasteiger partial charge on any atom is 0.267 e. The van der Waals surface area contributed by atoms with Gasteiger partial charge in [-0.05, 0) is 30.7 Å². The van der Waals surface area contributed by atoms with Gasteiger partial charge in [-0.1, -0.05) is 53.2 Å². The standard InChI is InChI=1S/C19H16ClN3O2S2/c1-12-4-3-5-13(8-12)11-26-19-21-10-17-18(22-19)15-9-14(20)6-7-16(15)23(2)27(17,24)25/h3-10H,11H2,1-2H3. The molecule has 3 aromatic rings. The summed E-state index contributed by atoms with van der Waals surface area (Å²) in [6.07, 6.45) is 1.39. The number of aromatic nitrogens is 2. The lowest BCUT2D eigenvalue weighted by atomic mass is 10.1. The molecule has 1 aromatic heterocycles. The molecule has 2 heterocycles. The van der Waals surface area contributed by atoms with Crippen molar-refractivity contribution in [2.45, 2.75) is 22.7 Å². The van der Waals surface area contributed by atoms with Gasteiger partial charge in [0.2, 0.25) is 0 Å². The highest BCUT2D eigenvalue weighted by atomic mass is 35.5. The Morgan fingerprint density at radius 1 is 1.19 bits per heavy atom. The van der Waals surface area contributed by atoms with E-state index in [1.807, 2.05) is 25.1 Å². The number of hydrogen-bond donors (Lipinski definition) is 0. The molecule has 5 nitrogen and oxygen atoms in total. The topological polar surface area (TPSA) is 63.2 Å². The molecule has 8 heteroatoms. The Morgan fingerprint density at radius 3 is 2.78 bits per heavy atom. The van der Waals surface area contributed by atoms with E-state index in [9.17, 15) is 8.42 Å². The van der Waals surface area contributed by atoms with Gasteiger partial charge in [-0.15, -0.1) is 0 Å². The number of hydrogen-bond acceptors (Lipinski definition) is 5. The minimum absolute atomic E-state index is 0.0969. The number of halogens is 1. The molecule has 0 bridgehead atoms. The number of anilines is 1. The maximum absolute atomic E-state index is 12.8. The smallest absolute Gasteiger partial charge is 0.267 e. The van der Waals surface area contributed by atoms with Crippen molar-refractivity contribution < 1.29 is 8.42 Å². The molecule has 0 atom stereocenters. The number of aryl methyl sites for hydroxylation is 1. The lowest BCUT2D eigenvalue weighted by Gasteiger charge is -2.28. The Morgan fingerprint density at radius 2 is 2.00 bits per heavy atom. The van der Waals surface area contributed by atoms with Crippen LogP contribution >= 0.6 is 23.4 Å². The van der Waals surface area contributed by atoms with Crippen molar-refractivity contribution >= 4 is 39.1 Å². The molecule has 0 aliphatic carbocycles. The summed E-state index contributed by atoms with van der Waals surface area (Å²) in [5.41, 5.74) is 4.00. The molecule has 4 rings (SSSR count). The second kappa shape index (κ2) is 6.82. The fourth-order valence-electron chi connectivity index (χ4n) is 3.01. The average molecular weight is 418 g/mol. The number of sulfonamides is 1. The molecular weight excluding hydrogens is 402 g/mol. The average Bonchev–Trinajstić information content (AvgIpc) is 2.64. The second-order valence-corrected chi connectivity index (χ2v) is 9.59. The van der Waals surface area contributed by atoms with Gasteiger partial charge in [-0.25, -0.2) is 18.4 Å². The van der Waals surface area contributed by atoms with Gasteiger partial charge < -0.3 is 0 Å².